The molecule has 0 amide bonds. The molecule has 1 heterocycles. The topological polar surface area (TPSA) is 61.6 Å². The average Bonchev–Trinajstić information content (AvgIpc) is 2.52. The molecule has 0 unspecified atom stereocenters. The van der Waals surface area contributed by atoms with E-state index in [0.717, 1.165) is 11.1 Å². The zero-order valence-electron chi connectivity index (χ0n) is 13.2. The highest BCUT2D eigenvalue weighted by Gasteiger charge is 2.34. The van der Waals surface area contributed by atoms with Crippen LogP contribution in [0.4, 0.5) is 5.69 Å². The first kappa shape index (κ1) is 15.1. The second-order valence-corrected chi connectivity index (χ2v) is 5.85. The van der Waals surface area contributed by atoms with Crippen LogP contribution in [0.1, 0.15) is 25.0 Å². The van der Waals surface area contributed by atoms with Gasteiger partial charge in [0.05, 0.1) is 17.6 Å². The Morgan fingerprint density at radius 3 is 2.61 bits per heavy atom. The number of fused-ring (bicyclic) bond motifs is 1. The fourth-order valence-electron chi connectivity index (χ4n) is 2.77. The molecule has 0 bridgehead atoms. The molecule has 5 nitrogen and oxygen atoms in total. The van der Waals surface area contributed by atoms with E-state index in [1.54, 1.807) is 25.3 Å². The molecule has 5 heteroatoms. The van der Waals surface area contributed by atoms with Crippen LogP contribution in [-0.2, 0) is 0 Å². The number of benzene rings is 2. The van der Waals surface area contributed by atoms with Crippen molar-refractivity contribution in [3.05, 3.63) is 63.7 Å². The molecule has 1 aliphatic rings. The molecule has 118 valence electrons. The lowest BCUT2D eigenvalue weighted by molar-refractivity contribution is -0.385. The number of hydrogen-bond donors (Lipinski definition) is 0. The summed E-state index contributed by atoms with van der Waals surface area (Å²) in [7, 11) is 1.60. The predicted molar refractivity (Wildman–Crippen MR) is 88.7 cm³/mol. The molecule has 0 spiro atoms. The second-order valence-electron chi connectivity index (χ2n) is 5.85. The van der Waals surface area contributed by atoms with Gasteiger partial charge in [-0.2, -0.15) is 0 Å². The summed E-state index contributed by atoms with van der Waals surface area (Å²) in [6.45, 7) is 3.80. The summed E-state index contributed by atoms with van der Waals surface area (Å²) in [5.74, 6) is 1.42. The van der Waals surface area contributed by atoms with E-state index in [2.05, 4.69) is 0 Å². The molecule has 0 N–H and O–H groups in total. The number of hydrogen-bond acceptors (Lipinski definition) is 4. The zero-order chi connectivity index (χ0) is 16.6. The van der Waals surface area contributed by atoms with Gasteiger partial charge in [-0.05, 0) is 38.1 Å². The first-order valence-corrected chi connectivity index (χ1v) is 7.25. The van der Waals surface area contributed by atoms with Gasteiger partial charge in [-0.1, -0.05) is 12.1 Å². The molecule has 0 aliphatic carbocycles. The Balaban J connectivity index is 2.18. The average molecular weight is 311 g/mol. The summed E-state index contributed by atoms with van der Waals surface area (Å²) in [5, 5.41) is 11.3. The molecule has 23 heavy (non-hydrogen) atoms. The Morgan fingerprint density at radius 1 is 1.17 bits per heavy atom. The molecule has 0 radical (unpaired) electrons. The van der Waals surface area contributed by atoms with E-state index >= 15 is 0 Å². The molecule has 0 aromatic heterocycles. The van der Waals surface area contributed by atoms with Crippen molar-refractivity contribution in [2.45, 2.75) is 19.4 Å². The molecule has 1 aliphatic heterocycles. The summed E-state index contributed by atoms with van der Waals surface area (Å²) >= 11 is 0. The molecule has 2 aromatic rings. The quantitative estimate of drug-likeness (QED) is 0.626. The van der Waals surface area contributed by atoms with Crippen molar-refractivity contribution in [2.24, 2.45) is 0 Å². The van der Waals surface area contributed by atoms with Crippen LogP contribution < -0.4 is 9.47 Å². The van der Waals surface area contributed by atoms with Gasteiger partial charge in [0.15, 0.2) is 0 Å². The number of nitrogens with zero attached hydrogens (tertiary/aromatic N) is 1. The van der Waals surface area contributed by atoms with Crippen molar-refractivity contribution < 1.29 is 14.4 Å². The Hall–Kier alpha value is -2.82. The largest absolute Gasteiger partial charge is 0.497 e. The maximum absolute atomic E-state index is 11.3. The first-order valence-electron chi connectivity index (χ1n) is 7.25. The first-order chi connectivity index (χ1) is 10.9. The van der Waals surface area contributed by atoms with Crippen LogP contribution in [0.5, 0.6) is 11.5 Å². The van der Waals surface area contributed by atoms with Crippen LogP contribution in [0.3, 0.4) is 0 Å². The molecule has 0 atom stereocenters. The highest BCUT2D eigenvalue weighted by Crippen LogP contribution is 2.43. The van der Waals surface area contributed by atoms with Crippen molar-refractivity contribution in [1.29, 1.82) is 0 Å². The molecular formula is C18H17NO4. The minimum atomic E-state index is -0.689. The van der Waals surface area contributed by atoms with Crippen LogP contribution in [0.2, 0.25) is 0 Å². The third-order valence-corrected chi connectivity index (χ3v) is 3.93. The SMILES string of the molecule is COc1ccc2c(c1)OC(C)(C)C(c1ccccc1[N+](=O)[O-])=C2. The van der Waals surface area contributed by atoms with Crippen molar-refractivity contribution in [3.63, 3.8) is 0 Å². The highest BCUT2D eigenvalue weighted by molar-refractivity contribution is 5.92. The third-order valence-electron chi connectivity index (χ3n) is 3.93. The van der Waals surface area contributed by atoms with Crippen molar-refractivity contribution in [3.8, 4) is 11.5 Å². The molecule has 0 fully saturated rings. The second kappa shape index (κ2) is 5.43. The Morgan fingerprint density at radius 2 is 1.91 bits per heavy atom. The van der Waals surface area contributed by atoms with Gasteiger partial charge in [0, 0.05) is 23.3 Å². The van der Waals surface area contributed by atoms with Crippen LogP contribution in [-0.4, -0.2) is 17.6 Å². The maximum atomic E-state index is 11.3. The summed E-state index contributed by atoms with van der Waals surface area (Å²) in [6.07, 6.45) is 1.95. The van der Waals surface area contributed by atoms with Gasteiger partial charge in [0.25, 0.3) is 5.69 Å². The smallest absolute Gasteiger partial charge is 0.277 e. The van der Waals surface area contributed by atoms with Crippen LogP contribution in [0.25, 0.3) is 11.6 Å². The van der Waals surface area contributed by atoms with Crippen LogP contribution >= 0.6 is 0 Å². The van der Waals surface area contributed by atoms with Crippen LogP contribution in [0.15, 0.2) is 42.5 Å². The monoisotopic (exact) mass is 311 g/mol. The highest BCUT2D eigenvalue weighted by atomic mass is 16.6. The number of nitro groups is 1. The van der Waals surface area contributed by atoms with Gasteiger partial charge < -0.3 is 9.47 Å². The van der Waals surface area contributed by atoms with E-state index in [-0.39, 0.29) is 10.6 Å². The number of methoxy groups -OCH3 is 1. The molecular weight excluding hydrogens is 294 g/mol. The van der Waals surface area contributed by atoms with E-state index in [1.165, 1.54) is 6.07 Å². The summed E-state index contributed by atoms with van der Waals surface area (Å²) < 4.78 is 11.3. The van der Waals surface area contributed by atoms with Gasteiger partial charge in [0.2, 0.25) is 0 Å². The summed E-state index contributed by atoms with van der Waals surface area (Å²) in [6, 6.07) is 12.3. The van der Waals surface area contributed by atoms with E-state index < -0.39 is 5.60 Å². The van der Waals surface area contributed by atoms with E-state index in [1.807, 2.05) is 38.1 Å². The van der Waals surface area contributed by atoms with E-state index in [0.29, 0.717) is 17.1 Å². The minimum Gasteiger partial charge on any atom is -0.497 e. The van der Waals surface area contributed by atoms with E-state index in [4.69, 9.17) is 9.47 Å². The fraction of sp³-hybridized carbons (Fsp3) is 0.222. The Bertz CT molecular complexity index is 808. The van der Waals surface area contributed by atoms with Gasteiger partial charge >= 0.3 is 0 Å². The van der Waals surface area contributed by atoms with E-state index in [9.17, 15) is 10.1 Å². The lowest BCUT2D eigenvalue weighted by Crippen LogP contribution is -2.32. The van der Waals surface area contributed by atoms with Crippen LogP contribution in [0, 0.1) is 10.1 Å². The molecule has 0 saturated carbocycles. The number of para-hydroxylation sites is 1. The Labute approximate surface area is 134 Å². The summed E-state index contributed by atoms with van der Waals surface area (Å²) in [5.41, 5.74) is 1.61. The maximum Gasteiger partial charge on any atom is 0.277 e. The van der Waals surface area contributed by atoms with Gasteiger partial charge in [-0.3, -0.25) is 10.1 Å². The summed E-state index contributed by atoms with van der Waals surface area (Å²) in [4.78, 5) is 11.0. The predicted octanol–water partition coefficient (Wildman–Crippen LogP) is 4.32. The van der Waals surface area contributed by atoms with Crippen molar-refractivity contribution in [2.75, 3.05) is 7.11 Å². The minimum absolute atomic E-state index is 0.0763. The van der Waals surface area contributed by atoms with Crippen molar-refractivity contribution >= 4 is 17.3 Å². The Kier molecular flexibility index (Phi) is 3.56. The van der Waals surface area contributed by atoms with Gasteiger partial charge in [-0.25, -0.2) is 0 Å². The lowest BCUT2D eigenvalue weighted by atomic mass is 9.86. The van der Waals surface area contributed by atoms with Crippen molar-refractivity contribution in [1.82, 2.24) is 0 Å². The lowest BCUT2D eigenvalue weighted by Gasteiger charge is -2.34. The molecule has 0 saturated heterocycles. The number of nitro benzene ring substituents is 1. The molecule has 3 rings (SSSR count). The number of ether oxygens (including phenoxy) is 2. The number of rotatable bonds is 3. The van der Waals surface area contributed by atoms with Gasteiger partial charge in [0.1, 0.15) is 17.1 Å². The molecule has 2 aromatic carbocycles. The zero-order valence-corrected chi connectivity index (χ0v) is 13.2. The fourth-order valence-corrected chi connectivity index (χ4v) is 2.77. The normalized spacial score (nSPS) is 15.2. The third kappa shape index (κ3) is 2.65. The van der Waals surface area contributed by atoms with Gasteiger partial charge in [-0.15, -0.1) is 0 Å². The standard InChI is InChI=1S/C18H17NO4/c1-18(2)15(14-6-4-5-7-16(14)19(20)21)10-12-8-9-13(22-3)11-17(12)23-18/h4-11H,1-3H3.